The Morgan fingerprint density at radius 1 is 0.882 bits per heavy atom. The zero-order chi connectivity index (χ0) is 13.0. The molecular formula is C16H30Si. The molecule has 0 nitrogen and oxygen atoms in total. The predicted molar refractivity (Wildman–Crippen MR) is 82.9 cm³/mol. The van der Waals surface area contributed by atoms with E-state index in [1.54, 1.807) is 0 Å². The van der Waals surface area contributed by atoms with Crippen LogP contribution in [-0.2, 0) is 0 Å². The van der Waals surface area contributed by atoms with Gasteiger partial charge < -0.3 is 0 Å². The maximum Gasteiger partial charge on any atom is 0.138 e. The minimum Gasteiger partial charge on any atom is -0.127 e. The Balaban J connectivity index is 3.96. The van der Waals surface area contributed by atoms with Gasteiger partial charge in [0.2, 0.25) is 0 Å². The van der Waals surface area contributed by atoms with Crippen LogP contribution in [0.2, 0.25) is 18.1 Å². The lowest BCUT2D eigenvalue weighted by Crippen LogP contribution is -2.29. The normalized spacial score (nSPS) is 11.5. The SMILES string of the molecule is CCCCCC/C=C\C#C[Si](CC)(CC)CC. The van der Waals surface area contributed by atoms with E-state index in [0.717, 1.165) is 0 Å². The van der Waals surface area contributed by atoms with Gasteiger partial charge in [0.05, 0.1) is 0 Å². The lowest BCUT2D eigenvalue weighted by molar-refractivity contribution is 0.674. The Bertz CT molecular complexity index is 242. The Morgan fingerprint density at radius 3 is 2.06 bits per heavy atom. The second-order valence-electron chi connectivity index (χ2n) is 4.86. The Morgan fingerprint density at radius 2 is 1.53 bits per heavy atom. The van der Waals surface area contributed by atoms with E-state index >= 15 is 0 Å². The molecule has 0 saturated carbocycles. The topological polar surface area (TPSA) is 0 Å². The van der Waals surface area contributed by atoms with Crippen molar-refractivity contribution in [1.29, 1.82) is 0 Å². The smallest absolute Gasteiger partial charge is 0.127 e. The molecule has 0 aromatic rings. The molecule has 0 radical (unpaired) electrons. The van der Waals surface area contributed by atoms with Gasteiger partial charge in [0.15, 0.2) is 0 Å². The molecule has 1 heteroatoms. The first-order valence-electron chi connectivity index (χ1n) is 7.42. The van der Waals surface area contributed by atoms with Crippen molar-refractivity contribution < 1.29 is 0 Å². The molecule has 0 heterocycles. The van der Waals surface area contributed by atoms with Gasteiger partial charge in [-0.2, -0.15) is 0 Å². The van der Waals surface area contributed by atoms with Gasteiger partial charge in [-0.05, 0) is 37.0 Å². The predicted octanol–water partition coefficient (Wildman–Crippen LogP) is 5.56. The minimum atomic E-state index is -1.21. The third-order valence-corrected chi connectivity index (χ3v) is 8.53. The van der Waals surface area contributed by atoms with Crippen molar-refractivity contribution in [3.05, 3.63) is 12.2 Å². The molecule has 0 unspecified atom stereocenters. The summed E-state index contributed by atoms with van der Waals surface area (Å²) in [5.41, 5.74) is 3.59. The van der Waals surface area contributed by atoms with E-state index in [0.29, 0.717) is 0 Å². The second kappa shape index (κ2) is 10.7. The number of hydrogen-bond acceptors (Lipinski definition) is 0. The summed E-state index contributed by atoms with van der Waals surface area (Å²) in [4.78, 5) is 0. The fourth-order valence-electron chi connectivity index (χ4n) is 2.04. The monoisotopic (exact) mass is 250 g/mol. The number of allylic oxidation sites excluding steroid dienone is 2. The highest BCUT2D eigenvalue weighted by Crippen LogP contribution is 2.18. The molecule has 0 aliphatic carbocycles. The zero-order valence-corrected chi connectivity index (χ0v) is 13.3. The van der Waals surface area contributed by atoms with Gasteiger partial charge in [0.1, 0.15) is 8.07 Å². The first-order valence-corrected chi connectivity index (χ1v) is 10.0. The van der Waals surface area contributed by atoms with Crippen molar-refractivity contribution in [1.82, 2.24) is 0 Å². The van der Waals surface area contributed by atoms with Crippen LogP contribution in [-0.4, -0.2) is 8.07 Å². The molecule has 0 rings (SSSR count). The molecular weight excluding hydrogens is 220 g/mol. The average molecular weight is 251 g/mol. The number of unbranched alkanes of at least 4 members (excludes halogenated alkanes) is 4. The summed E-state index contributed by atoms with van der Waals surface area (Å²) in [6.45, 7) is 9.18. The Kier molecular flexibility index (Phi) is 10.4. The summed E-state index contributed by atoms with van der Waals surface area (Å²) in [7, 11) is -1.21. The summed E-state index contributed by atoms with van der Waals surface area (Å²) < 4.78 is 0. The van der Waals surface area contributed by atoms with Gasteiger partial charge in [-0.3, -0.25) is 0 Å². The molecule has 0 saturated heterocycles. The fourth-order valence-corrected chi connectivity index (χ4v) is 4.46. The Labute approximate surface area is 110 Å². The van der Waals surface area contributed by atoms with Crippen LogP contribution < -0.4 is 0 Å². The Hall–Kier alpha value is -0.483. The molecule has 0 spiro atoms. The second-order valence-corrected chi connectivity index (χ2v) is 9.79. The van der Waals surface area contributed by atoms with Crippen molar-refractivity contribution >= 4 is 8.07 Å². The maximum absolute atomic E-state index is 3.59. The van der Waals surface area contributed by atoms with E-state index in [9.17, 15) is 0 Å². The van der Waals surface area contributed by atoms with E-state index in [2.05, 4.69) is 51.3 Å². The first kappa shape index (κ1) is 16.5. The molecule has 0 N–H and O–H groups in total. The molecule has 17 heavy (non-hydrogen) atoms. The van der Waals surface area contributed by atoms with Crippen molar-refractivity contribution in [3.63, 3.8) is 0 Å². The molecule has 0 bridgehead atoms. The highest BCUT2D eigenvalue weighted by atomic mass is 28.3. The van der Waals surface area contributed by atoms with Gasteiger partial charge in [-0.15, -0.1) is 5.54 Å². The van der Waals surface area contributed by atoms with E-state index in [1.807, 2.05) is 0 Å². The summed E-state index contributed by atoms with van der Waals surface area (Å²) in [5.74, 6) is 3.30. The fraction of sp³-hybridized carbons (Fsp3) is 0.750. The quantitative estimate of drug-likeness (QED) is 0.300. The zero-order valence-electron chi connectivity index (χ0n) is 12.3. The highest BCUT2D eigenvalue weighted by Gasteiger charge is 2.23. The lowest BCUT2D eigenvalue weighted by Gasteiger charge is -2.19. The van der Waals surface area contributed by atoms with Gasteiger partial charge in [0.25, 0.3) is 0 Å². The van der Waals surface area contributed by atoms with Crippen LogP contribution in [0.5, 0.6) is 0 Å². The van der Waals surface area contributed by atoms with E-state index in [-0.39, 0.29) is 0 Å². The van der Waals surface area contributed by atoms with Crippen LogP contribution in [0.4, 0.5) is 0 Å². The molecule has 0 fully saturated rings. The molecule has 0 amide bonds. The van der Waals surface area contributed by atoms with Crippen molar-refractivity contribution in [2.75, 3.05) is 0 Å². The van der Waals surface area contributed by atoms with Crippen molar-refractivity contribution in [3.8, 4) is 11.5 Å². The summed E-state index contributed by atoms with van der Waals surface area (Å²) >= 11 is 0. The standard InChI is InChI=1S/C16H30Si/c1-5-9-10-11-12-13-14-15-16-17(6-2,7-3)8-4/h13-14H,5-12H2,1-4H3/b14-13-. The summed E-state index contributed by atoms with van der Waals surface area (Å²) in [5, 5.41) is 0. The largest absolute Gasteiger partial charge is 0.138 e. The summed E-state index contributed by atoms with van der Waals surface area (Å²) in [6.07, 6.45) is 10.9. The maximum atomic E-state index is 3.59. The van der Waals surface area contributed by atoms with Crippen LogP contribution in [0.1, 0.15) is 59.8 Å². The number of rotatable bonds is 8. The van der Waals surface area contributed by atoms with Crippen LogP contribution in [0.15, 0.2) is 12.2 Å². The van der Waals surface area contributed by atoms with Crippen LogP contribution in [0, 0.1) is 11.5 Å². The van der Waals surface area contributed by atoms with E-state index in [4.69, 9.17) is 0 Å². The van der Waals surface area contributed by atoms with Crippen LogP contribution in [0.3, 0.4) is 0 Å². The van der Waals surface area contributed by atoms with Crippen LogP contribution in [0.25, 0.3) is 0 Å². The first-order chi connectivity index (χ1) is 8.24. The minimum absolute atomic E-state index is 1.20. The van der Waals surface area contributed by atoms with Crippen molar-refractivity contribution in [2.24, 2.45) is 0 Å². The average Bonchev–Trinajstić information content (AvgIpc) is 2.38. The number of hydrogen-bond donors (Lipinski definition) is 0. The molecule has 0 atom stereocenters. The van der Waals surface area contributed by atoms with Crippen LogP contribution >= 0.6 is 0 Å². The van der Waals surface area contributed by atoms with Gasteiger partial charge in [-0.25, -0.2) is 0 Å². The highest BCUT2D eigenvalue weighted by molar-refractivity contribution is 6.87. The molecule has 0 aliphatic heterocycles. The van der Waals surface area contributed by atoms with E-state index in [1.165, 1.54) is 50.2 Å². The molecule has 98 valence electrons. The molecule has 0 aliphatic rings. The van der Waals surface area contributed by atoms with Gasteiger partial charge >= 0.3 is 0 Å². The summed E-state index contributed by atoms with van der Waals surface area (Å²) in [6, 6.07) is 3.91. The van der Waals surface area contributed by atoms with E-state index < -0.39 is 8.07 Å². The third kappa shape index (κ3) is 7.44. The lowest BCUT2D eigenvalue weighted by atomic mass is 10.1. The molecule has 0 aromatic heterocycles. The van der Waals surface area contributed by atoms with Crippen molar-refractivity contribution in [2.45, 2.75) is 77.9 Å². The van der Waals surface area contributed by atoms with Gasteiger partial charge in [-0.1, -0.05) is 59.0 Å². The molecule has 0 aromatic carbocycles. The van der Waals surface area contributed by atoms with Gasteiger partial charge in [0, 0.05) is 0 Å². The third-order valence-electron chi connectivity index (χ3n) is 3.79.